The molecule has 1 aliphatic carbocycles. The van der Waals surface area contributed by atoms with E-state index in [0.717, 1.165) is 63.6 Å². The van der Waals surface area contributed by atoms with Crippen LogP contribution >= 0.6 is 11.6 Å². The van der Waals surface area contributed by atoms with E-state index in [-0.39, 0.29) is 11.8 Å². The highest BCUT2D eigenvalue weighted by atomic mass is 35.5. The van der Waals surface area contributed by atoms with E-state index in [0.29, 0.717) is 82.2 Å². The fourth-order valence-electron chi connectivity index (χ4n) is 11.5. The summed E-state index contributed by atoms with van der Waals surface area (Å²) >= 11 is 5.75. The smallest absolute Gasteiger partial charge is 0.311 e. The first-order chi connectivity index (χ1) is 54.8. The van der Waals surface area contributed by atoms with Crippen molar-refractivity contribution in [1.82, 2.24) is 54.4 Å². The summed E-state index contributed by atoms with van der Waals surface area (Å²) in [4.78, 5) is 48.8. The zero-order valence-corrected chi connectivity index (χ0v) is 72.9. The van der Waals surface area contributed by atoms with Crippen LogP contribution in [0, 0.1) is 33.6 Å². The Labute approximate surface area is 689 Å². The van der Waals surface area contributed by atoms with E-state index in [4.69, 9.17) is 44.9 Å². The zero-order valence-electron chi connectivity index (χ0n) is 72.2. The third-order valence-corrected chi connectivity index (χ3v) is 19.0. The van der Waals surface area contributed by atoms with Gasteiger partial charge in [0.15, 0.2) is 0 Å². The summed E-state index contributed by atoms with van der Waals surface area (Å²) in [6.45, 7) is 66.9. The van der Waals surface area contributed by atoms with Crippen molar-refractivity contribution in [3.63, 3.8) is 0 Å². The largest absolute Gasteiger partial charge is 0.497 e. The molecule has 1 fully saturated rings. The molecular weight excluding hydrogens is 1440 g/mol. The molecule has 0 amide bonds. The molecule has 17 nitrogen and oxygen atoms in total. The van der Waals surface area contributed by atoms with Crippen LogP contribution in [0.5, 0.6) is 5.75 Å². The number of imidazole rings is 1. The Balaban J connectivity index is 0.000000199. The third kappa shape index (κ3) is 29.2. The number of ether oxygens (including phenoxy) is 1. The molecule has 1 aliphatic rings. The second kappa shape index (κ2) is 46.0. The summed E-state index contributed by atoms with van der Waals surface area (Å²) in [6, 6.07) is 47.6. The number of rotatable bonds is 12. The van der Waals surface area contributed by atoms with Gasteiger partial charge in [0, 0.05) is 120 Å². The van der Waals surface area contributed by atoms with Crippen LogP contribution in [0.2, 0.25) is 5.02 Å². The van der Waals surface area contributed by atoms with Crippen molar-refractivity contribution >= 4 is 72.7 Å². The fourth-order valence-corrected chi connectivity index (χ4v) is 11.7. The van der Waals surface area contributed by atoms with Gasteiger partial charge in [-0.15, -0.1) is 0 Å². The van der Waals surface area contributed by atoms with Gasteiger partial charge in [0.25, 0.3) is 11.8 Å². The summed E-state index contributed by atoms with van der Waals surface area (Å²) in [5, 5.41) is 4.67. The van der Waals surface area contributed by atoms with Gasteiger partial charge in [-0.2, -0.15) is 0 Å². The fraction of sp³-hybridized carbons (Fsp3) is 0.381. The average molecular weight is 1570 g/mol. The number of H-pyrrole nitrogens is 3. The molecule has 604 valence electrons. The van der Waals surface area contributed by atoms with Gasteiger partial charge in [0.05, 0.1) is 37.0 Å². The maximum absolute atomic E-state index is 6.96. The SMILES string of the molecule is CC(C)c1cc(Cl)ccn1.CC(C)c1ccc2[nH]ccc2c1.CC(C)c1ccc2cc[nH]c2c1.CC(C)c1ccc2ncn(C)c2c1.CC(C)c1cccc2cc[nH]c12.COc1ccnc(C(C)C)c1.Cc1ccc(C(C)C)cn1.[C-]#[N+]c1cccnc1C(C)C.[C-]#[N+]c1nc(C)oc1C(C)C.[C-]#[N+]c1nc(C2CC2)oc1C(C)C. The number of aryl methyl sites for hydroxylation is 3. The Morgan fingerprint density at radius 3 is 1.57 bits per heavy atom. The maximum atomic E-state index is 6.96. The number of pyridine rings is 4. The van der Waals surface area contributed by atoms with Gasteiger partial charge in [-0.05, 0) is 184 Å². The van der Waals surface area contributed by atoms with Crippen LogP contribution in [0.3, 0.4) is 0 Å². The van der Waals surface area contributed by atoms with Crippen LogP contribution in [0.4, 0.5) is 17.3 Å². The van der Waals surface area contributed by atoms with Gasteiger partial charge in [-0.3, -0.25) is 19.9 Å². The first-order valence-electron chi connectivity index (χ1n) is 40.0. The summed E-state index contributed by atoms with van der Waals surface area (Å²) < 4.78 is 17.9. The van der Waals surface area contributed by atoms with Crippen molar-refractivity contribution in [3.05, 3.63) is 302 Å². The summed E-state index contributed by atoms with van der Waals surface area (Å²) in [6.07, 6.45) is 17.3. The number of aromatic nitrogens is 11. The van der Waals surface area contributed by atoms with Crippen LogP contribution < -0.4 is 4.74 Å². The quantitative estimate of drug-likeness (QED) is 0.0992. The van der Waals surface area contributed by atoms with Crippen molar-refractivity contribution in [3.8, 4) is 5.75 Å². The molecule has 10 aromatic heterocycles. The number of hydrogen-bond acceptors (Lipinski definition) is 10. The Hall–Kier alpha value is -11.5. The van der Waals surface area contributed by atoms with Gasteiger partial charge >= 0.3 is 11.6 Å². The van der Waals surface area contributed by atoms with Gasteiger partial charge in [-0.1, -0.05) is 234 Å². The van der Waals surface area contributed by atoms with E-state index in [1.54, 1.807) is 50.8 Å². The number of nitrogens with zero attached hydrogens (tertiary/aromatic N) is 11. The Kier molecular flexibility index (Phi) is 37.0. The summed E-state index contributed by atoms with van der Waals surface area (Å²) in [7, 11) is 3.69. The normalized spacial score (nSPS) is 11.3. The zero-order chi connectivity index (χ0) is 84.6. The van der Waals surface area contributed by atoms with Crippen molar-refractivity contribution in [1.29, 1.82) is 0 Å². The Bertz CT molecular complexity index is 5290. The van der Waals surface area contributed by atoms with Crippen LogP contribution in [-0.2, 0) is 7.05 Å². The Morgan fingerprint density at radius 1 is 0.470 bits per heavy atom. The topological polar surface area (TPSA) is 191 Å². The minimum absolute atomic E-state index is 0.236. The van der Waals surface area contributed by atoms with Gasteiger partial charge in [0.1, 0.15) is 17.3 Å². The molecule has 0 bridgehead atoms. The van der Waals surface area contributed by atoms with E-state index in [2.05, 4.69) is 269 Å². The number of fused-ring (bicyclic) bond motifs is 4. The van der Waals surface area contributed by atoms with E-state index >= 15 is 0 Å². The number of aromatic amines is 3. The summed E-state index contributed by atoms with van der Waals surface area (Å²) in [5.41, 5.74) is 17.7. The van der Waals surface area contributed by atoms with Gasteiger partial charge in [0.2, 0.25) is 5.69 Å². The number of hydrogen-bond donors (Lipinski definition) is 3. The van der Waals surface area contributed by atoms with E-state index in [1.807, 2.05) is 105 Å². The molecule has 0 radical (unpaired) electrons. The summed E-state index contributed by atoms with van der Waals surface area (Å²) in [5.74, 6) is 9.74. The second-order valence-corrected chi connectivity index (χ2v) is 32.0. The van der Waals surface area contributed by atoms with Crippen LogP contribution in [0.1, 0.15) is 290 Å². The molecule has 10 heterocycles. The predicted octanol–water partition coefficient (Wildman–Crippen LogP) is 28.8. The number of halogens is 1. The molecule has 0 aliphatic heterocycles. The minimum atomic E-state index is 0.236. The highest BCUT2D eigenvalue weighted by molar-refractivity contribution is 6.30. The maximum Gasteiger partial charge on any atom is 0.311 e. The van der Waals surface area contributed by atoms with E-state index in [1.165, 1.54) is 66.0 Å². The minimum Gasteiger partial charge on any atom is -0.497 e. The number of para-hydroxylation sites is 1. The number of benzene rings is 4. The first kappa shape index (κ1) is 92.4. The standard InChI is InChI=1S/C11H14N2.3C11H13N.C10H12N2O.C9H10N2.C9H13NO.C9H13N.C8H10ClN.C8H10N2O/c1-8(2)9-4-5-10-11(6-9)13(3)7-12-10;1-8(2)9-3-4-11-10(7-9)5-6-12-11;1-8(2)10-4-3-9-5-6-12-11(9)7-10;1-8(2)10-5-3-4-9-6-7-12-11(9)10;1-6(2)8-9(11-3)12-10(13-8)7-4-5-7;1-7(2)9-8(10-3)5-4-6-11-9;1-7(2)9-6-8(11-3)4-5-10-9;1-7(2)9-5-4-8(3)10-6-9;1-6(2)8-5-7(9)3-4-10-8;1-5(2)7-8(9-4)10-6(3)11-7/h4-8H,1-3H3;3*3-8,12H,1-2H3;6-7H,4-5H2,1-2H3;4-7H,1-2H3;4-7H,1-3H3;4-7H,1-3H3;3-6H,1-2H3;5H,1-3H3. The third-order valence-electron chi connectivity index (χ3n) is 18.7. The molecule has 0 atom stereocenters. The molecule has 1 saturated carbocycles. The van der Waals surface area contributed by atoms with E-state index < -0.39 is 0 Å². The molecule has 4 aromatic carbocycles. The lowest BCUT2D eigenvalue weighted by atomic mass is 10.0. The lowest BCUT2D eigenvalue weighted by molar-refractivity contribution is 0.413. The van der Waals surface area contributed by atoms with Crippen molar-refractivity contribution in [2.24, 2.45) is 7.05 Å². The van der Waals surface area contributed by atoms with Crippen molar-refractivity contribution < 1.29 is 13.6 Å². The molecule has 3 N–H and O–H groups in total. The average Bonchev–Trinajstić information content (AvgIpc) is 1.68. The molecule has 0 unspecified atom stereocenters. The molecule has 115 heavy (non-hydrogen) atoms. The molecule has 0 saturated heterocycles. The van der Waals surface area contributed by atoms with Gasteiger partial charge in [-0.25, -0.2) is 9.83 Å². The molecule has 18 heteroatoms. The number of nitrogens with one attached hydrogen (secondary N) is 3. The van der Waals surface area contributed by atoms with Crippen molar-refractivity contribution in [2.45, 2.75) is 230 Å². The predicted molar refractivity (Wildman–Crippen MR) is 478 cm³/mol. The lowest BCUT2D eigenvalue weighted by Crippen LogP contribution is -1.92. The Morgan fingerprint density at radius 2 is 1.03 bits per heavy atom. The monoisotopic (exact) mass is 1560 g/mol. The van der Waals surface area contributed by atoms with Gasteiger partial charge < -0.3 is 42.8 Å². The first-order valence-corrected chi connectivity index (χ1v) is 40.4. The molecule has 15 rings (SSSR count). The number of methoxy groups -OCH3 is 1. The lowest BCUT2D eigenvalue weighted by Gasteiger charge is -2.05. The molecule has 0 spiro atoms. The van der Waals surface area contributed by atoms with E-state index in [9.17, 15) is 0 Å². The van der Waals surface area contributed by atoms with Crippen LogP contribution in [0.25, 0.3) is 58.3 Å². The number of oxazole rings is 2. The van der Waals surface area contributed by atoms with Crippen molar-refractivity contribution in [2.75, 3.05) is 7.11 Å². The highest BCUT2D eigenvalue weighted by Crippen LogP contribution is 2.42. The highest BCUT2D eigenvalue weighted by Gasteiger charge is 2.34. The van der Waals surface area contributed by atoms with Crippen LogP contribution in [0.15, 0.2) is 198 Å². The second-order valence-electron chi connectivity index (χ2n) is 31.5. The molecule has 14 aromatic rings. The van der Waals surface area contributed by atoms with Crippen LogP contribution in [-0.4, -0.2) is 61.5 Å². The molecular formula is C97H121ClN14O3.